The van der Waals surface area contributed by atoms with Gasteiger partial charge in [0.2, 0.25) is 5.88 Å². The van der Waals surface area contributed by atoms with Crippen LogP contribution in [0, 0.1) is 18.8 Å². The molecule has 6 rings (SSSR count). The molecule has 0 spiro atoms. The largest absolute Gasteiger partial charge is 0.481 e. The Morgan fingerprint density at radius 3 is 2.85 bits per heavy atom. The van der Waals surface area contributed by atoms with Crippen LogP contribution in [0.4, 0.5) is 0 Å². The first kappa shape index (κ1) is 21.8. The quantitative estimate of drug-likeness (QED) is 0.605. The fourth-order valence-corrected chi connectivity index (χ4v) is 8.16. The number of H-pyrrole nitrogens is 1. The number of hydrogen-bond donors (Lipinski definition) is 1. The van der Waals surface area contributed by atoms with E-state index in [4.69, 9.17) is 4.74 Å². The number of allylic oxidation sites excluding steroid dienone is 1. The third-order valence-corrected chi connectivity index (χ3v) is 10.1. The summed E-state index contributed by atoms with van der Waals surface area (Å²) in [4.78, 5) is 6.46. The molecule has 178 valence electrons. The van der Waals surface area contributed by atoms with Crippen molar-refractivity contribution >= 4 is 26.3 Å². The van der Waals surface area contributed by atoms with Crippen LogP contribution in [0.3, 0.4) is 0 Å². The fraction of sp³-hybridized carbons (Fsp3) is 0.462. The maximum atomic E-state index is 12.6. The van der Waals surface area contributed by atoms with Crippen LogP contribution in [0.25, 0.3) is 27.7 Å². The Hall–Kier alpha value is -2.71. The molecule has 1 N–H and O–H groups in total. The van der Waals surface area contributed by atoms with Crippen molar-refractivity contribution in [2.45, 2.75) is 38.0 Å². The number of methoxy groups -OCH3 is 1. The lowest BCUT2D eigenvalue weighted by atomic mass is 9.94. The number of aromatic amines is 1. The molecule has 0 bridgehead atoms. The predicted octanol–water partition coefficient (Wildman–Crippen LogP) is 4.20. The summed E-state index contributed by atoms with van der Waals surface area (Å²) in [5, 5.41) is 8.58. The van der Waals surface area contributed by atoms with Gasteiger partial charge in [-0.3, -0.25) is 10.00 Å². The number of nitrogens with one attached hydrogen (secondary N) is 1. The average Bonchev–Trinajstić information content (AvgIpc) is 3.51. The number of fused-ring (bicyclic) bond motifs is 2. The number of sulfone groups is 1. The molecule has 3 aliphatic rings. The van der Waals surface area contributed by atoms with Crippen LogP contribution in [0.1, 0.15) is 36.8 Å². The maximum Gasteiger partial charge on any atom is 0.213 e. The predicted molar refractivity (Wildman–Crippen MR) is 133 cm³/mol. The minimum atomic E-state index is -2.98. The number of ether oxygens (including phenoxy) is 1. The van der Waals surface area contributed by atoms with Crippen LogP contribution in [0.15, 0.2) is 36.5 Å². The van der Waals surface area contributed by atoms with Crippen molar-refractivity contribution in [1.82, 2.24) is 20.1 Å². The van der Waals surface area contributed by atoms with Crippen molar-refractivity contribution in [3.63, 3.8) is 0 Å². The van der Waals surface area contributed by atoms with Gasteiger partial charge in [-0.15, -0.1) is 0 Å². The Morgan fingerprint density at radius 2 is 2.06 bits per heavy atom. The lowest BCUT2D eigenvalue weighted by Crippen LogP contribution is -2.43. The standard InChI is InChI=1S/C26H30N4O3S/c1-16-9-23-22(26(29-28-23)17-6-7-27-24(12-17)33-2)13-21(16)18-10-19-14-30(15-20(19)11-18)25-5-3-4-8-34(25,31)32/h6-7,9-10,12-13,19-20,25H,3-5,8,11,14-15H2,1-2H3,(H,28,29)/t19-,20+,25?/m1/s1. The van der Waals surface area contributed by atoms with Crippen LogP contribution in [-0.2, 0) is 9.84 Å². The van der Waals surface area contributed by atoms with Crippen LogP contribution in [0.2, 0.25) is 0 Å². The van der Waals surface area contributed by atoms with Crippen LogP contribution in [-0.4, -0.2) is 59.8 Å². The molecule has 1 unspecified atom stereocenters. The zero-order valence-corrected chi connectivity index (χ0v) is 20.4. The molecule has 4 heterocycles. The highest BCUT2D eigenvalue weighted by Crippen LogP contribution is 2.44. The molecule has 0 radical (unpaired) electrons. The third-order valence-electron chi connectivity index (χ3n) is 7.84. The first-order chi connectivity index (χ1) is 16.4. The van der Waals surface area contributed by atoms with Crippen molar-refractivity contribution < 1.29 is 13.2 Å². The Kier molecular flexibility index (Phi) is 5.26. The van der Waals surface area contributed by atoms with Gasteiger partial charge >= 0.3 is 0 Å². The minimum absolute atomic E-state index is 0.271. The number of aryl methyl sites for hydroxylation is 1. The number of rotatable bonds is 4. The van der Waals surface area contributed by atoms with Gasteiger partial charge in [0, 0.05) is 36.3 Å². The summed E-state index contributed by atoms with van der Waals surface area (Å²) in [6.45, 7) is 3.89. The maximum absolute atomic E-state index is 12.6. The minimum Gasteiger partial charge on any atom is -0.481 e. The topological polar surface area (TPSA) is 88.2 Å². The average molecular weight is 479 g/mol. The Labute approximate surface area is 200 Å². The lowest BCUT2D eigenvalue weighted by molar-refractivity contribution is 0.269. The van der Waals surface area contributed by atoms with E-state index in [-0.39, 0.29) is 5.37 Å². The summed E-state index contributed by atoms with van der Waals surface area (Å²) in [6, 6.07) is 8.29. The van der Waals surface area contributed by atoms with Crippen molar-refractivity contribution in [1.29, 1.82) is 0 Å². The van der Waals surface area contributed by atoms with E-state index in [2.05, 4.69) is 45.2 Å². The molecule has 0 saturated carbocycles. The molecular formula is C26H30N4O3S. The van der Waals surface area contributed by atoms with Gasteiger partial charge in [-0.25, -0.2) is 13.4 Å². The number of likely N-dealkylation sites (tertiary alicyclic amines) is 1. The number of hydrogen-bond acceptors (Lipinski definition) is 6. The first-order valence-corrected chi connectivity index (χ1v) is 13.8. The fourth-order valence-electron chi connectivity index (χ4n) is 6.13. The molecule has 2 aromatic heterocycles. The second-order valence-electron chi connectivity index (χ2n) is 9.96. The van der Waals surface area contributed by atoms with E-state index in [1.54, 1.807) is 13.3 Å². The van der Waals surface area contributed by atoms with Gasteiger partial charge in [0.1, 0.15) is 11.1 Å². The monoisotopic (exact) mass is 478 g/mol. The number of aromatic nitrogens is 3. The smallest absolute Gasteiger partial charge is 0.213 e. The third kappa shape index (κ3) is 3.64. The number of nitrogens with zero attached hydrogens (tertiary/aromatic N) is 3. The van der Waals surface area contributed by atoms with Gasteiger partial charge < -0.3 is 4.74 Å². The number of benzene rings is 1. The Morgan fingerprint density at radius 1 is 1.18 bits per heavy atom. The molecular weight excluding hydrogens is 448 g/mol. The highest BCUT2D eigenvalue weighted by molar-refractivity contribution is 7.92. The first-order valence-electron chi connectivity index (χ1n) is 12.1. The molecule has 7 nitrogen and oxygen atoms in total. The molecule has 8 heteroatoms. The highest BCUT2D eigenvalue weighted by atomic mass is 32.2. The summed E-state index contributed by atoms with van der Waals surface area (Å²) in [6.07, 6.45) is 7.76. The van der Waals surface area contributed by atoms with E-state index >= 15 is 0 Å². The summed E-state index contributed by atoms with van der Waals surface area (Å²) in [7, 11) is -1.37. The van der Waals surface area contributed by atoms with Crippen LogP contribution in [0.5, 0.6) is 5.88 Å². The zero-order valence-electron chi connectivity index (χ0n) is 19.6. The van der Waals surface area contributed by atoms with E-state index < -0.39 is 9.84 Å². The second-order valence-corrected chi connectivity index (χ2v) is 12.2. The van der Waals surface area contributed by atoms with E-state index in [1.807, 2.05) is 12.1 Å². The van der Waals surface area contributed by atoms with Crippen LogP contribution < -0.4 is 4.74 Å². The van der Waals surface area contributed by atoms with Crippen molar-refractivity contribution in [2.75, 3.05) is 26.0 Å². The molecule has 1 aromatic carbocycles. The van der Waals surface area contributed by atoms with Gasteiger partial charge in [0.05, 0.1) is 18.4 Å². The normalized spacial score (nSPS) is 26.5. The molecule has 2 aliphatic heterocycles. The summed E-state index contributed by atoms with van der Waals surface area (Å²) < 4.78 is 30.6. The van der Waals surface area contributed by atoms with E-state index in [9.17, 15) is 8.42 Å². The van der Waals surface area contributed by atoms with Gasteiger partial charge in [-0.1, -0.05) is 6.08 Å². The molecule has 2 saturated heterocycles. The van der Waals surface area contributed by atoms with Crippen LogP contribution >= 0.6 is 0 Å². The molecule has 3 aromatic rings. The van der Waals surface area contributed by atoms with Gasteiger partial charge in [0.15, 0.2) is 9.84 Å². The van der Waals surface area contributed by atoms with E-state index in [0.29, 0.717) is 23.5 Å². The van der Waals surface area contributed by atoms with Crippen molar-refractivity contribution in [2.24, 2.45) is 11.8 Å². The molecule has 3 atom stereocenters. The lowest BCUT2D eigenvalue weighted by Gasteiger charge is -2.31. The van der Waals surface area contributed by atoms with Gasteiger partial charge in [-0.05, 0) is 79.3 Å². The van der Waals surface area contributed by atoms with Crippen molar-refractivity contribution in [3.05, 3.63) is 47.7 Å². The second kappa shape index (κ2) is 8.20. The van der Waals surface area contributed by atoms with Crippen molar-refractivity contribution in [3.8, 4) is 17.1 Å². The highest BCUT2D eigenvalue weighted by Gasteiger charge is 2.43. The van der Waals surface area contributed by atoms with E-state index in [0.717, 1.165) is 60.9 Å². The Balaban J connectivity index is 1.30. The van der Waals surface area contributed by atoms with E-state index in [1.165, 1.54) is 16.7 Å². The number of pyridine rings is 1. The summed E-state index contributed by atoms with van der Waals surface area (Å²) >= 11 is 0. The molecule has 34 heavy (non-hydrogen) atoms. The Bertz CT molecular complexity index is 1390. The SMILES string of the molecule is COc1cc(-c2n[nH]c3cc(C)c(C4=C[C@@H]5CN(C6CCCCS6(=O)=O)C[C@@H]5C4)cc23)ccn1. The van der Waals surface area contributed by atoms with Gasteiger partial charge in [0.25, 0.3) is 0 Å². The zero-order chi connectivity index (χ0) is 23.4. The molecule has 1 aliphatic carbocycles. The summed E-state index contributed by atoms with van der Waals surface area (Å²) in [5.74, 6) is 1.84. The summed E-state index contributed by atoms with van der Waals surface area (Å²) in [5.41, 5.74) is 6.74. The molecule has 2 fully saturated rings. The molecule has 0 amide bonds. The van der Waals surface area contributed by atoms with Gasteiger partial charge in [-0.2, -0.15) is 5.10 Å².